The summed E-state index contributed by atoms with van der Waals surface area (Å²) in [6, 6.07) is 0. The molecule has 2 heteroatoms. The average Bonchev–Trinajstić information content (AvgIpc) is 3.03. The second kappa shape index (κ2) is 7.35. The summed E-state index contributed by atoms with van der Waals surface area (Å²) in [7, 11) is 0. The number of fused-ring (bicyclic) bond motifs is 5. The van der Waals surface area contributed by atoms with E-state index in [4.69, 9.17) is 0 Å². The molecule has 5 saturated carbocycles. The van der Waals surface area contributed by atoms with Crippen LogP contribution in [0.1, 0.15) is 117 Å². The molecule has 164 valence electrons. The van der Waals surface area contributed by atoms with E-state index in [0.29, 0.717) is 23.0 Å². The van der Waals surface area contributed by atoms with Crippen molar-refractivity contribution in [1.82, 2.24) is 0 Å². The van der Waals surface area contributed by atoms with Crippen LogP contribution in [0.15, 0.2) is 0 Å². The highest BCUT2D eigenvalue weighted by atomic mass is 16.3. The number of rotatable bonds is 3. The van der Waals surface area contributed by atoms with Crippen LogP contribution in [0.3, 0.4) is 0 Å². The molecule has 0 spiro atoms. The average molecular weight is 401 g/mol. The summed E-state index contributed by atoms with van der Waals surface area (Å²) in [6.07, 6.45) is 19.7. The zero-order chi connectivity index (χ0) is 20.3. The zero-order valence-corrected chi connectivity index (χ0v) is 19.1. The van der Waals surface area contributed by atoms with Crippen molar-refractivity contribution < 1.29 is 9.90 Å². The first kappa shape index (κ1) is 20.5. The number of ketones is 1. The highest BCUT2D eigenvalue weighted by molar-refractivity contribution is 5.87. The minimum atomic E-state index is -0.388. The number of aliphatic hydroxyl groups is 1. The van der Waals surface area contributed by atoms with Crippen LogP contribution in [-0.4, -0.2) is 16.5 Å². The number of Topliss-reactive ketones (excluding diaryl/α,β-unsaturated/α-hetero) is 1. The van der Waals surface area contributed by atoms with Gasteiger partial charge in [0, 0.05) is 11.8 Å². The van der Waals surface area contributed by atoms with Gasteiger partial charge in [0.05, 0.1) is 5.60 Å². The number of carbonyl (C=O) groups excluding carboxylic acids is 1. The van der Waals surface area contributed by atoms with Gasteiger partial charge < -0.3 is 5.11 Å². The molecule has 5 aliphatic rings. The molecule has 0 saturated heterocycles. The molecule has 0 unspecified atom stereocenters. The van der Waals surface area contributed by atoms with Crippen molar-refractivity contribution >= 4 is 5.78 Å². The van der Waals surface area contributed by atoms with Gasteiger partial charge in [-0.3, -0.25) is 4.79 Å². The summed E-state index contributed by atoms with van der Waals surface area (Å²) in [5.74, 6) is 4.37. The quantitative estimate of drug-likeness (QED) is 0.573. The lowest BCUT2D eigenvalue weighted by molar-refractivity contribution is -0.155. The standard InChI is InChI=1S/C27H44O2/c1-25-16-17-27(29,15-12-19-6-4-3-5-7-19)18-20(25)8-9-21-22-10-11-24(28)26(22,2)14-13-23(21)25/h19-23,29H,3-18H2,1-2H3/t20-,21-,22-,23-,25-,26-,27+/m0/s1. The van der Waals surface area contributed by atoms with E-state index in [9.17, 15) is 9.90 Å². The van der Waals surface area contributed by atoms with Crippen LogP contribution in [0.25, 0.3) is 0 Å². The van der Waals surface area contributed by atoms with E-state index in [-0.39, 0.29) is 11.0 Å². The lowest BCUT2D eigenvalue weighted by atomic mass is 9.44. The Balaban J connectivity index is 1.26. The summed E-state index contributed by atoms with van der Waals surface area (Å²) in [5, 5.41) is 11.5. The van der Waals surface area contributed by atoms with Crippen LogP contribution in [-0.2, 0) is 4.79 Å². The van der Waals surface area contributed by atoms with Crippen LogP contribution < -0.4 is 0 Å². The SMILES string of the molecule is C[C@]12CC[C@](O)(CCC3CCCCC3)C[C@@H]1CC[C@@H]1[C@@H]2CC[C@]2(C)C(=O)CC[C@@H]12. The summed E-state index contributed by atoms with van der Waals surface area (Å²) in [4.78, 5) is 12.6. The molecule has 0 aromatic carbocycles. The minimum Gasteiger partial charge on any atom is -0.390 e. The molecule has 5 aliphatic carbocycles. The largest absolute Gasteiger partial charge is 0.390 e. The molecule has 5 rings (SSSR count). The Labute approximate surface area is 178 Å². The third-order valence-electron chi connectivity index (χ3n) is 11.3. The van der Waals surface area contributed by atoms with Crippen molar-refractivity contribution in [2.75, 3.05) is 0 Å². The predicted octanol–water partition coefficient (Wildman–Crippen LogP) is 6.69. The van der Waals surface area contributed by atoms with Gasteiger partial charge in [0.2, 0.25) is 0 Å². The summed E-state index contributed by atoms with van der Waals surface area (Å²) < 4.78 is 0. The van der Waals surface area contributed by atoms with Gasteiger partial charge in [-0.2, -0.15) is 0 Å². The van der Waals surface area contributed by atoms with Crippen LogP contribution in [0, 0.1) is 40.4 Å². The molecule has 0 heterocycles. The van der Waals surface area contributed by atoms with E-state index in [2.05, 4.69) is 13.8 Å². The monoisotopic (exact) mass is 400 g/mol. The summed E-state index contributed by atoms with van der Waals surface area (Å²) >= 11 is 0. The van der Waals surface area contributed by atoms with Gasteiger partial charge in [0.15, 0.2) is 0 Å². The Kier molecular flexibility index (Phi) is 5.20. The number of hydrogen-bond acceptors (Lipinski definition) is 2. The molecule has 5 fully saturated rings. The van der Waals surface area contributed by atoms with Crippen molar-refractivity contribution in [3.05, 3.63) is 0 Å². The Bertz CT molecular complexity index is 636. The second-order valence-corrected chi connectivity index (χ2v) is 12.5. The van der Waals surface area contributed by atoms with Crippen molar-refractivity contribution in [3.63, 3.8) is 0 Å². The molecule has 0 radical (unpaired) electrons. The predicted molar refractivity (Wildman–Crippen MR) is 117 cm³/mol. The first-order valence-corrected chi connectivity index (χ1v) is 13.1. The molecule has 7 atom stereocenters. The Morgan fingerprint density at radius 2 is 1.69 bits per heavy atom. The van der Waals surface area contributed by atoms with Crippen LogP contribution >= 0.6 is 0 Å². The third-order valence-corrected chi connectivity index (χ3v) is 11.3. The van der Waals surface area contributed by atoms with Crippen LogP contribution in [0.4, 0.5) is 0 Å². The van der Waals surface area contributed by atoms with E-state index < -0.39 is 0 Å². The normalized spacial score (nSPS) is 50.7. The van der Waals surface area contributed by atoms with E-state index >= 15 is 0 Å². The Morgan fingerprint density at radius 1 is 0.897 bits per heavy atom. The van der Waals surface area contributed by atoms with Gasteiger partial charge in [-0.05, 0) is 99.2 Å². The molecule has 0 aromatic heterocycles. The third kappa shape index (κ3) is 3.35. The van der Waals surface area contributed by atoms with Crippen molar-refractivity contribution in [2.45, 2.75) is 122 Å². The van der Waals surface area contributed by atoms with Crippen molar-refractivity contribution in [2.24, 2.45) is 40.4 Å². The van der Waals surface area contributed by atoms with E-state index in [0.717, 1.165) is 56.3 Å². The molecule has 0 aliphatic heterocycles. The topological polar surface area (TPSA) is 37.3 Å². The lowest BCUT2D eigenvalue weighted by Crippen LogP contribution is -2.56. The van der Waals surface area contributed by atoms with Gasteiger partial charge in [-0.1, -0.05) is 46.0 Å². The van der Waals surface area contributed by atoms with Crippen molar-refractivity contribution in [3.8, 4) is 0 Å². The van der Waals surface area contributed by atoms with Gasteiger partial charge >= 0.3 is 0 Å². The highest BCUT2D eigenvalue weighted by Crippen LogP contribution is 2.66. The Hall–Kier alpha value is -0.370. The molecule has 0 bridgehead atoms. The fourth-order valence-electron chi connectivity index (χ4n) is 9.27. The van der Waals surface area contributed by atoms with Gasteiger partial charge in [-0.25, -0.2) is 0 Å². The molecule has 0 amide bonds. The van der Waals surface area contributed by atoms with Gasteiger partial charge in [0.1, 0.15) is 5.78 Å². The first-order valence-electron chi connectivity index (χ1n) is 13.1. The maximum atomic E-state index is 12.6. The number of carbonyl (C=O) groups is 1. The Morgan fingerprint density at radius 3 is 2.48 bits per heavy atom. The molecular formula is C27H44O2. The van der Waals surface area contributed by atoms with Crippen LogP contribution in [0.5, 0.6) is 0 Å². The minimum absolute atomic E-state index is 0.000235. The molecule has 0 aromatic rings. The fourth-order valence-corrected chi connectivity index (χ4v) is 9.27. The lowest BCUT2D eigenvalue weighted by Gasteiger charge is -2.61. The molecular weight excluding hydrogens is 356 g/mol. The van der Waals surface area contributed by atoms with Crippen LogP contribution in [0.2, 0.25) is 0 Å². The summed E-state index contributed by atoms with van der Waals surface area (Å²) in [6.45, 7) is 4.87. The van der Waals surface area contributed by atoms with E-state index in [1.807, 2.05) is 0 Å². The molecule has 2 nitrogen and oxygen atoms in total. The zero-order valence-electron chi connectivity index (χ0n) is 19.1. The second-order valence-electron chi connectivity index (χ2n) is 12.5. The van der Waals surface area contributed by atoms with Gasteiger partial charge in [0.25, 0.3) is 0 Å². The maximum absolute atomic E-state index is 12.6. The van der Waals surface area contributed by atoms with Crippen molar-refractivity contribution in [1.29, 1.82) is 0 Å². The molecule has 29 heavy (non-hydrogen) atoms. The smallest absolute Gasteiger partial charge is 0.139 e. The van der Waals surface area contributed by atoms with Gasteiger partial charge in [-0.15, -0.1) is 0 Å². The van der Waals surface area contributed by atoms with E-state index in [1.54, 1.807) is 0 Å². The summed E-state index contributed by atoms with van der Waals surface area (Å²) in [5.41, 5.74) is 0.0215. The number of hydrogen-bond donors (Lipinski definition) is 1. The first-order chi connectivity index (χ1) is 13.8. The molecule has 1 N–H and O–H groups in total. The fraction of sp³-hybridized carbons (Fsp3) is 0.963. The maximum Gasteiger partial charge on any atom is 0.139 e. The highest BCUT2D eigenvalue weighted by Gasteiger charge is 2.61. The van der Waals surface area contributed by atoms with E-state index in [1.165, 1.54) is 64.2 Å².